The number of hydrogen-bond donors (Lipinski definition) is 2. The minimum Gasteiger partial charge on any atom is -0.339 e. The second kappa shape index (κ2) is 6.57. The minimum absolute atomic E-state index is 0.372. The summed E-state index contributed by atoms with van der Waals surface area (Å²) >= 11 is 0. The molecular formula is C18H16F3N3O3. The van der Waals surface area contributed by atoms with E-state index in [2.05, 4.69) is 5.32 Å². The number of rotatable bonds is 2. The van der Waals surface area contributed by atoms with Crippen LogP contribution in [0.2, 0.25) is 0 Å². The number of benzene rings is 1. The van der Waals surface area contributed by atoms with E-state index in [1.807, 2.05) is 13.0 Å². The van der Waals surface area contributed by atoms with Crippen molar-refractivity contribution in [2.24, 2.45) is 0 Å². The normalized spacial score (nSPS) is 16.9. The van der Waals surface area contributed by atoms with Gasteiger partial charge in [0.25, 0.3) is 11.5 Å². The van der Waals surface area contributed by atoms with Gasteiger partial charge in [-0.3, -0.25) is 14.4 Å². The maximum absolute atomic E-state index is 12.6. The summed E-state index contributed by atoms with van der Waals surface area (Å²) in [5.74, 6) is -1.30. The largest absolute Gasteiger partial charge is 0.431 e. The number of nitrogens with zero attached hydrogens (tertiary/aromatic N) is 1. The number of amides is 2. The molecule has 1 aliphatic rings. The molecule has 0 bridgehead atoms. The van der Waals surface area contributed by atoms with Crippen molar-refractivity contribution in [1.29, 1.82) is 0 Å². The molecule has 27 heavy (non-hydrogen) atoms. The predicted molar refractivity (Wildman–Crippen MR) is 89.9 cm³/mol. The minimum atomic E-state index is -4.73. The van der Waals surface area contributed by atoms with Crippen molar-refractivity contribution in [1.82, 2.24) is 15.2 Å². The molecule has 2 N–H and O–H groups in total. The maximum Gasteiger partial charge on any atom is 0.431 e. The lowest BCUT2D eigenvalue weighted by molar-refractivity contribution is -0.141. The van der Waals surface area contributed by atoms with Gasteiger partial charge in [-0.15, -0.1) is 0 Å². The second-order valence-corrected chi connectivity index (χ2v) is 6.42. The first-order chi connectivity index (χ1) is 12.6. The lowest BCUT2D eigenvalue weighted by Crippen LogP contribution is -2.45. The molecule has 1 unspecified atom stereocenters. The van der Waals surface area contributed by atoms with Gasteiger partial charge < -0.3 is 15.2 Å². The molecule has 0 saturated heterocycles. The highest BCUT2D eigenvalue weighted by atomic mass is 19.4. The Morgan fingerprint density at radius 1 is 1.22 bits per heavy atom. The molecule has 0 fully saturated rings. The van der Waals surface area contributed by atoms with Gasteiger partial charge in [-0.2, -0.15) is 13.2 Å². The van der Waals surface area contributed by atoms with Gasteiger partial charge in [-0.25, -0.2) is 0 Å². The summed E-state index contributed by atoms with van der Waals surface area (Å²) in [4.78, 5) is 39.9. The number of fused-ring (bicyclic) bond motifs is 1. The Morgan fingerprint density at radius 2 is 1.93 bits per heavy atom. The second-order valence-electron chi connectivity index (χ2n) is 6.42. The average Bonchev–Trinajstić information content (AvgIpc) is 2.57. The van der Waals surface area contributed by atoms with E-state index in [1.54, 1.807) is 24.2 Å². The Bertz CT molecular complexity index is 982. The molecule has 0 radical (unpaired) electrons. The Kier molecular flexibility index (Phi) is 4.54. The molecule has 3 rings (SSSR count). The third-order valence-electron chi connectivity index (χ3n) is 4.38. The monoisotopic (exact) mass is 379 g/mol. The van der Waals surface area contributed by atoms with Crippen molar-refractivity contribution in [2.45, 2.75) is 25.7 Å². The van der Waals surface area contributed by atoms with E-state index in [9.17, 15) is 27.6 Å². The molecule has 2 heterocycles. The summed E-state index contributed by atoms with van der Waals surface area (Å²) in [6.07, 6.45) is -4.73. The molecule has 1 atom stereocenters. The zero-order valence-corrected chi connectivity index (χ0v) is 14.5. The highest BCUT2D eigenvalue weighted by molar-refractivity contribution is 5.98. The quantitative estimate of drug-likeness (QED) is 0.839. The molecule has 0 spiro atoms. The van der Waals surface area contributed by atoms with Gasteiger partial charge >= 0.3 is 6.18 Å². The average molecular weight is 379 g/mol. The fourth-order valence-corrected chi connectivity index (χ4v) is 3.01. The molecular weight excluding hydrogens is 363 g/mol. The van der Waals surface area contributed by atoms with Crippen molar-refractivity contribution in [3.8, 4) is 0 Å². The van der Waals surface area contributed by atoms with Crippen LogP contribution in [0.3, 0.4) is 0 Å². The van der Waals surface area contributed by atoms with E-state index in [0.717, 1.165) is 17.2 Å². The van der Waals surface area contributed by atoms with E-state index < -0.39 is 34.9 Å². The number of alkyl halides is 3. The van der Waals surface area contributed by atoms with Crippen LogP contribution >= 0.6 is 0 Å². The van der Waals surface area contributed by atoms with Gasteiger partial charge in [0.15, 0.2) is 0 Å². The van der Waals surface area contributed by atoms with Crippen molar-refractivity contribution in [3.63, 3.8) is 0 Å². The summed E-state index contributed by atoms with van der Waals surface area (Å²) in [5.41, 5.74) is -0.496. The number of H-pyrrole nitrogens is 1. The zero-order valence-electron chi connectivity index (χ0n) is 14.5. The van der Waals surface area contributed by atoms with E-state index in [4.69, 9.17) is 0 Å². The number of hydrogen-bond acceptors (Lipinski definition) is 3. The van der Waals surface area contributed by atoms with Gasteiger partial charge in [0.2, 0.25) is 5.91 Å². The third-order valence-corrected chi connectivity index (χ3v) is 4.38. The molecule has 9 heteroatoms. The number of halogens is 3. The Hall–Kier alpha value is -3.10. The zero-order chi connectivity index (χ0) is 19.9. The van der Waals surface area contributed by atoms with Gasteiger partial charge in [0.1, 0.15) is 17.3 Å². The summed E-state index contributed by atoms with van der Waals surface area (Å²) in [6.45, 7) is 2.27. The Labute approximate surface area is 152 Å². The van der Waals surface area contributed by atoms with E-state index in [1.165, 1.54) is 4.90 Å². The number of nitrogens with one attached hydrogen (secondary N) is 2. The Balaban J connectivity index is 1.92. The van der Waals surface area contributed by atoms with Crippen LogP contribution in [0.15, 0.2) is 35.1 Å². The fourth-order valence-electron chi connectivity index (χ4n) is 3.01. The molecule has 1 aromatic heterocycles. The third kappa shape index (κ3) is 3.57. The number of aromatic amines is 1. The van der Waals surface area contributed by atoms with Crippen LogP contribution < -0.4 is 10.9 Å². The molecule has 2 aromatic rings. The van der Waals surface area contributed by atoms with Crippen LogP contribution in [-0.2, 0) is 17.5 Å². The maximum atomic E-state index is 12.6. The number of likely N-dealkylation sites (N-methyl/N-ethyl adjacent to an activating group) is 1. The summed E-state index contributed by atoms with van der Waals surface area (Å²) in [7, 11) is 1.58. The number of aromatic nitrogens is 1. The molecule has 0 saturated carbocycles. The standard InChI is InChI=1S/C18H16F3N3O3/c1-9-3-4-11-10(7-9)8-24(2)17(27)14(11)23-16(26)12-5-6-13(18(19,20)21)22-15(12)25/h3-7,14H,8H2,1-2H3,(H,22,25)(H,23,26). The first-order valence-electron chi connectivity index (χ1n) is 8.03. The van der Waals surface area contributed by atoms with Crippen molar-refractivity contribution < 1.29 is 22.8 Å². The molecule has 0 aliphatic carbocycles. The molecule has 6 nitrogen and oxygen atoms in total. The smallest absolute Gasteiger partial charge is 0.339 e. The molecule has 2 amide bonds. The van der Waals surface area contributed by atoms with Crippen LogP contribution in [-0.4, -0.2) is 28.7 Å². The van der Waals surface area contributed by atoms with Crippen LogP contribution in [0.1, 0.15) is 38.8 Å². The van der Waals surface area contributed by atoms with Crippen molar-refractivity contribution >= 4 is 11.8 Å². The number of pyridine rings is 1. The van der Waals surface area contributed by atoms with Gasteiger partial charge in [0.05, 0.1) is 0 Å². The summed E-state index contributed by atoms with van der Waals surface area (Å²) in [6, 6.07) is 5.79. The first kappa shape index (κ1) is 18.7. The topological polar surface area (TPSA) is 82.3 Å². The van der Waals surface area contributed by atoms with Gasteiger partial charge in [-0.05, 0) is 30.2 Å². The number of carbonyl (C=O) groups is 2. The van der Waals surface area contributed by atoms with Crippen molar-refractivity contribution in [3.05, 3.63) is 68.6 Å². The Morgan fingerprint density at radius 3 is 2.56 bits per heavy atom. The van der Waals surface area contributed by atoms with Crippen LogP contribution in [0.5, 0.6) is 0 Å². The lowest BCUT2D eigenvalue weighted by atomic mass is 9.93. The highest BCUT2D eigenvalue weighted by Gasteiger charge is 2.34. The highest BCUT2D eigenvalue weighted by Crippen LogP contribution is 2.28. The summed E-state index contributed by atoms with van der Waals surface area (Å²) < 4.78 is 37.9. The van der Waals surface area contributed by atoms with E-state index in [0.29, 0.717) is 18.2 Å². The van der Waals surface area contributed by atoms with Crippen LogP contribution in [0.25, 0.3) is 0 Å². The SMILES string of the molecule is Cc1ccc2c(c1)CN(C)C(=O)C2NC(=O)c1ccc(C(F)(F)F)[nH]c1=O. The van der Waals surface area contributed by atoms with Crippen molar-refractivity contribution in [2.75, 3.05) is 7.05 Å². The van der Waals surface area contributed by atoms with Gasteiger partial charge in [-0.1, -0.05) is 23.8 Å². The van der Waals surface area contributed by atoms with E-state index in [-0.39, 0.29) is 5.91 Å². The first-order valence-corrected chi connectivity index (χ1v) is 8.03. The van der Waals surface area contributed by atoms with Crippen LogP contribution in [0.4, 0.5) is 13.2 Å². The molecule has 1 aromatic carbocycles. The predicted octanol–water partition coefficient (Wildman–Crippen LogP) is 2.15. The fraction of sp³-hybridized carbons (Fsp3) is 0.278. The van der Waals surface area contributed by atoms with Crippen LogP contribution in [0, 0.1) is 6.92 Å². The lowest BCUT2D eigenvalue weighted by Gasteiger charge is -2.32. The molecule has 142 valence electrons. The molecule has 1 aliphatic heterocycles. The van der Waals surface area contributed by atoms with E-state index >= 15 is 0 Å². The van der Waals surface area contributed by atoms with Gasteiger partial charge in [0, 0.05) is 13.6 Å². The number of carbonyl (C=O) groups excluding carboxylic acids is 2. The number of aryl methyl sites for hydroxylation is 1. The summed E-state index contributed by atoms with van der Waals surface area (Å²) in [5, 5.41) is 2.46.